The largest absolute Gasteiger partial charge is 0.379 e. The van der Waals surface area contributed by atoms with E-state index in [1.54, 1.807) is 6.54 Å². The smallest absolute Gasteiger partial charge is 0.221 e. The minimum absolute atomic E-state index is 0.0298. The monoisotopic (exact) mass is 256 g/mol. The topological polar surface area (TPSA) is 84.7 Å². The zero-order valence-corrected chi connectivity index (χ0v) is 10.9. The summed E-state index contributed by atoms with van der Waals surface area (Å²) in [5.74, 6) is -0.422. The molecule has 1 heterocycles. The van der Waals surface area contributed by atoms with Crippen LogP contribution in [0, 0.1) is 12.5 Å². The van der Waals surface area contributed by atoms with Gasteiger partial charge in [0.15, 0.2) is 0 Å². The molecular weight excluding hydrogens is 234 g/mol. The SMILES string of the molecule is C[C@H]([CH]NC(=O)CCN1CCOCC1)CC(N)=O. The van der Waals surface area contributed by atoms with Gasteiger partial charge in [0, 0.05) is 32.5 Å². The molecule has 103 valence electrons. The van der Waals surface area contributed by atoms with Gasteiger partial charge in [-0.15, -0.1) is 0 Å². The lowest BCUT2D eigenvalue weighted by Crippen LogP contribution is -2.38. The number of nitrogens with one attached hydrogen (secondary N) is 1. The second kappa shape index (κ2) is 8.05. The van der Waals surface area contributed by atoms with Gasteiger partial charge in [-0.2, -0.15) is 0 Å². The third-order valence-corrected chi connectivity index (χ3v) is 2.81. The highest BCUT2D eigenvalue weighted by molar-refractivity contribution is 5.77. The van der Waals surface area contributed by atoms with Crippen LogP contribution >= 0.6 is 0 Å². The quantitative estimate of drug-likeness (QED) is 0.643. The van der Waals surface area contributed by atoms with Crippen LogP contribution in [0.2, 0.25) is 0 Å². The number of rotatable bonds is 7. The molecule has 1 atom stereocenters. The van der Waals surface area contributed by atoms with Crippen LogP contribution in [0.1, 0.15) is 19.8 Å². The van der Waals surface area contributed by atoms with Crippen molar-refractivity contribution >= 4 is 11.8 Å². The van der Waals surface area contributed by atoms with E-state index in [4.69, 9.17) is 10.5 Å². The van der Waals surface area contributed by atoms with Crippen molar-refractivity contribution in [3.8, 4) is 0 Å². The highest BCUT2D eigenvalue weighted by Crippen LogP contribution is 2.03. The summed E-state index contributed by atoms with van der Waals surface area (Å²) in [4.78, 5) is 24.4. The average Bonchev–Trinajstić information content (AvgIpc) is 2.34. The lowest BCUT2D eigenvalue weighted by atomic mass is 10.1. The first kappa shape index (κ1) is 14.9. The Bertz CT molecular complexity index is 278. The van der Waals surface area contributed by atoms with Crippen molar-refractivity contribution in [3.63, 3.8) is 0 Å². The maximum Gasteiger partial charge on any atom is 0.221 e. The first-order valence-electron chi connectivity index (χ1n) is 6.29. The Morgan fingerprint density at radius 1 is 1.44 bits per heavy atom. The van der Waals surface area contributed by atoms with Crippen molar-refractivity contribution < 1.29 is 14.3 Å². The lowest BCUT2D eigenvalue weighted by molar-refractivity contribution is -0.122. The summed E-state index contributed by atoms with van der Waals surface area (Å²) in [6, 6.07) is 0. The van der Waals surface area contributed by atoms with E-state index in [1.807, 2.05) is 6.92 Å². The molecule has 2 amide bonds. The number of nitrogens with zero attached hydrogens (tertiary/aromatic N) is 1. The molecule has 18 heavy (non-hydrogen) atoms. The van der Waals surface area contributed by atoms with Gasteiger partial charge in [-0.3, -0.25) is 14.5 Å². The fraction of sp³-hybridized carbons (Fsp3) is 0.750. The molecule has 1 rings (SSSR count). The third kappa shape index (κ3) is 6.56. The maximum atomic E-state index is 11.6. The first-order valence-corrected chi connectivity index (χ1v) is 6.29. The van der Waals surface area contributed by atoms with E-state index in [0.29, 0.717) is 6.42 Å². The molecule has 1 aliphatic rings. The summed E-state index contributed by atoms with van der Waals surface area (Å²) >= 11 is 0. The number of ether oxygens (including phenoxy) is 1. The van der Waals surface area contributed by atoms with Crippen molar-refractivity contribution in [3.05, 3.63) is 6.54 Å². The Kier molecular flexibility index (Phi) is 6.67. The normalized spacial score (nSPS) is 18.3. The second-order valence-corrected chi connectivity index (χ2v) is 4.59. The average molecular weight is 256 g/mol. The fourth-order valence-corrected chi connectivity index (χ4v) is 1.77. The van der Waals surface area contributed by atoms with Gasteiger partial charge in [-0.1, -0.05) is 6.92 Å². The molecule has 1 saturated heterocycles. The van der Waals surface area contributed by atoms with Gasteiger partial charge in [-0.25, -0.2) is 0 Å². The van der Waals surface area contributed by atoms with Gasteiger partial charge in [0.2, 0.25) is 11.8 Å². The van der Waals surface area contributed by atoms with Gasteiger partial charge in [0.25, 0.3) is 0 Å². The van der Waals surface area contributed by atoms with Gasteiger partial charge in [0.1, 0.15) is 0 Å². The summed E-state index contributed by atoms with van der Waals surface area (Å²) in [5.41, 5.74) is 5.07. The van der Waals surface area contributed by atoms with E-state index >= 15 is 0 Å². The molecule has 0 aromatic heterocycles. The zero-order chi connectivity index (χ0) is 13.4. The van der Waals surface area contributed by atoms with Crippen LogP contribution in [-0.4, -0.2) is 49.6 Å². The molecule has 0 aromatic carbocycles. The van der Waals surface area contributed by atoms with E-state index in [-0.39, 0.29) is 24.2 Å². The van der Waals surface area contributed by atoms with Crippen LogP contribution in [-0.2, 0) is 14.3 Å². The molecule has 0 bridgehead atoms. The van der Waals surface area contributed by atoms with E-state index in [9.17, 15) is 9.59 Å². The predicted octanol–water partition coefficient (Wildman–Crippen LogP) is -0.502. The van der Waals surface area contributed by atoms with E-state index in [1.165, 1.54) is 0 Å². The van der Waals surface area contributed by atoms with Crippen LogP contribution in [0.4, 0.5) is 0 Å². The van der Waals surface area contributed by atoms with Crippen molar-refractivity contribution in [2.24, 2.45) is 11.7 Å². The van der Waals surface area contributed by atoms with Crippen LogP contribution in [0.3, 0.4) is 0 Å². The maximum absolute atomic E-state index is 11.6. The number of nitrogens with two attached hydrogens (primary N) is 1. The predicted molar refractivity (Wildman–Crippen MR) is 67.3 cm³/mol. The molecule has 0 aromatic rings. The number of primary amides is 1. The van der Waals surface area contributed by atoms with Crippen molar-refractivity contribution in [2.75, 3.05) is 32.8 Å². The third-order valence-electron chi connectivity index (χ3n) is 2.81. The minimum atomic E-state index is -0.360. The molecule has 1 aliphatic heterocycles. The summed E-state index contributed by atoms with van der Waals surface area (Å²) < 4.78 is 5.23. The number of morpholine rings is 1. The second-order valence-electron chi connectivity index (χ2n) is 4.59. The van der Waals surface area contributed by atoms with Crippen LogP contribution in [0.15, 0.2) is 0 Å². The van der Waals surface area contributed by atoms with Gasteiger partial charge in [0.05, 0.1) is 19.8 Å². The molecule has 6 heteroatoms. The number of hydrogen-bond acceptors (Lipinski definition) is 4. The Balaban J connectivity index is 2.07. The molecule has 3 N–H and O–H groups in total. The Morgan fingerprint density at radius 2 is 2.11 bits per heavy atom. The highest BCUT2D eigenvalue weighted by atomic mass is 16.5. The molecule has 0 aliphatic carbocycles. The molecule has 0 spiro atoms. The number of hydrogen-bond donors (Lipinski definition) is 2. The molecule has 0 saturated carbocycles. The fourth-order valence-electron chi connectivity index (χ4n) is 1.77. The number of amides is 2. The molecular formula is C12H22N3O3. The van der Waals surface area contributed by atoms with Crippen LogP contribution < -0.4 is 11.1 Å². The van der Waals surface area contributed by atoms with Crippen LogP contribution in [0.25, 0.3) is 0 Å². The van der Waals surface area contributed by atoms with Crippen LogP contribution in [0.5, 0.6) is 0 Å². The van der Waals surface area contributed by atoms with Gasteiger partial charge < -0.3 is 15.8 Å². The van der Waals surface area contributed by atoms with Gasteiger partial charge >= 0.3 is 0 Å². The van der Waals surface area contributed by atoms with Gasteiger partial charge in [-0.05, 0) is 5.92 Å². The van der Waals surface area contributed by atoms with E-state index in [0.717, 1.165) is 32.8 Å². The Morgan fingerprint density at radius 3 is 2.72 bits per heavy atom. The van der Waals surface area contributed by atoms with Crippen molar-refractivity contribution in [1.82, 2.24) is 10.2 Å². The summed E-state index contributed by atoms with van der Waals surface area (Å²) in [6.07, 6.45) is 0.712. The zero-order valence-electron chi connectivity index (χ0n) is 10.9. The van der Waals surface area contributed by atoms with Crippen molar-refractivity contribution in [1.29, 1.82) is 0 Å². The Labute approximate surface area is 108 Å². The molecule has 0 unspecified atom stereocenters. The summed E-state index contributed by atoms with van der Waals surface area (Å²) in [7, 11) is 0. The number of carbonyl (C=O) groups is 2. The number of carbonyl (C=O) groups excluding carboxylic acids is 2. The standard InChI is InChI=1S/C12H22N3O3/c1-10(8-11(13)16)9-14-12(17)2-3-15-4-6-18-7-5-15/h9-10H,2-8H2,1H3,(H2,13,16)(H,14,17)/t10-/m0/s1. The highest BCUT2D eigenvalue weighted by Gasteiger charge is 2.13. The summed E-state index contributed by atoms with van der Waals surface area (Å²) in [5, 5.41) is 2.70. The molecule has 1 fully saturated rings. The minimum Gasteiger partial charge on any atom is -0.379 e. The first-order chi connectivity index (χ1) is 8.58. The molecule has 1 radical (unpaired) electrons. The lowest BCUT2D eigenvalue weighted by Gasteiger charge is -2.26. The van der Waals surface area contributed by atoms with Crippen molar-refractivity contribution in [2.45, 2.75) is 19.8 Å². The van der Waals surface area contributed by atoms with E-state index in [2.05, 4.69) is 10.2 Å². The Hall–Kier alpha value is -1.14. The van der Waals surface area contributed by atoms with E-state index < -0.39 is 0 Å². The summed E-state index contributed by atoms with van der Waals surface area (Å²) in [6.45, 7) is 7.46. The molecule has 6 nitrogen and oxygen atoms in total.